The summed E-state index contributed by atoms with van der Waals surface area (Å²) in [5.74, 6) is -0.319. The Morgan fingerprint density at radius 1 is 1.47 bits per heavy atom. The topological polar surface area (TPSA) is 65.2 Å². The van der Waals surface area contributed by atoms with E-state index in [1.165, 1.54) is 24.2 Å². The Labute approximate surface area is 106 Å². The minimum absolute atomic E-state index is 0.319. The van der Waals surface area contributed by atoms with Gasteiger partial charge in [-0.15, -0.1) is 11.3 Å². The van der Waals surface area contributed by atoms with Crippen molar-refractivity contribution >= 4 is 17.3 Å². The second-order valence-electron chi connectivity index (χ2n) is 3.86. The number of esters is 1. The van der Waals surface area contributed by atoms with Gasteiger partial charge in [0.1, 0.15) is 0 Å². The van der Waals surface area contributed by atoms with Crippen LogP contribution in [0.15, 0.2) is 5.38 Å². The summed E-state index contributed by atoms with van der Waals surface area (Å²) < 4.78 is 5.14. The van der Waals surface area contributed by atoms with Crippen molar-refractivity contribution in [2.75, 3.05) is 13.2 Å². The molecule has 1 aromatic heterocycles. The molecule has 5 heteroatoms. The molecule has 0 radical (unpaired) electrons. The van der Waals surface area contributed by atoms with Gasteiger partial charge in [-0.25, -0.2) is 9.78 Å². The molecule has 0 atom stereocenters. The highest BCUT2D eigenvalue weighted by Gasteiger charge is 2.11. The number of carbonyl (C=O) groups is 1. The minimum Gasteiger partial charge on any atom is -0.461 e. The lowest BCUT2D eigenvalue weighted by Crippen LogP contribution is -2.08. The Hall–Kier alpha value is -0.940. The van der Waals surface area contributed by atoms with E-state index in [0.29, 0.717) is 25.3 Å². The molecule has 0 bridgehead atoms. The Morgan fingerprint density at radius 2 is 2.29 bits per heavy atom. The maximum absolute atomic E-state index is 11.6. The van der Waals surface area contributed by atoms with Crippen LogP contribution in [0, 0.1) is 0 Å². The molecule has 0 saturated carbocycles. The molecule has 0 unspecified atom stereocenters. The summed E-state index contributed by atoms with van der Waals surface area (Å²) in [6.45, 7) is 3.20. The molecule has 0 amide bonds. The van der Waals surface area contributed by atoms with Gasteiger partial charge >= 0.3 is 5.97 Å². The van der Waals surface area contributed by atoms with E-state index in [0.717, 1.165) is 17.8 Å². The molecule has 1 aromatic rings. The summed E-state index contributed by atoms with van der Waals surface area (Å²) >= 11 is 1.46. The van der Waals surface area contributed by atoms with Crippen molar-refractivity contribution in [3.63, 3.8) is 0 Å². The van der Waals surface area contributed by atoms with E-state index in [1.54, 1.807) is 5.38 Å². The van der Waals surface area contributed by atoms with Crippen LogP contribution < -0.4 is 5.73 Å². The van der Waals surface area contributed by atoms with Gasteiger partial charge in [0.2, 0.25) is 0 Å². The average molecular weight is 256 g/mol. The van der Waals surface area contributed by atoms with Gasteiger partial charge < -0.3 is 10.5 Å². The van der Waals surface area contributed by atoms with E-state index in [1.807, 2.05) is 0 Å². The Bertz CT molecular complexity index is 339. The van der Waals surface area contributed by atoms with Gasteiger partial charge in [-0.3, -0.25) is 0 Å². The first kappa shape index (κ1) is 14.1. The van der Waals surface area contributed by atoms with Gasteiger partial charge in [0.25, 0.3) is 0 Å². The molecule has 0 aliphatic heterocycles. The number of ether oxygens (including phenoxy) is 1. The zero-order valence-corrected chi connectivity index (χ0v) is 11.1. The first-order valence-corrected chi connectivity index (χ1v) is 6.97. The van der Waals surface area contributed by atoms with E-state index in [-0.39, 0.29) is 5.97 Å². The largest absolute Gasteiger partial charge is 0.461 e. The lowest BCUT2D eigenvalue weighted by molar-refractivity contribution is 0.0491. The Balaban J connectivity index is 2.26. The van der Waals surface area contributed by atoms with Crippen LogP contribution in [0.25, 0.3) is 0 Å². The monoisotopic (exact) mass is 256 g/mol. The van der Waals surface area contributed by atoms with Crippen molar-refractivity contribution < 1.29 is 9.53 Å². The quantitative estimate of drug-likeness (QED) is 0.573. The maximum atomic E-state index is 11.6. The van der Waals surface area contributed by atoms with Crippen LogP contribution in [0.3, 0.4) is 0 Å². The molecule has 0 spiro atoms. The van der Waals surface area contributed by atoms with Crippen LogP contribution in [-0.4, -0.2) is 24.1 Å². The third-order valence-electron chi connectivity index (χ3n) is 2.35. The van der Waals surface area contributed by atoms with Crippen LogP contribution >= 0.6 is 11.3 Å². The Morgan fingerprint density at radius 3 is 3.00 bits per heavy atom. The van der Waals surface area contributed by atoms with E-state index < -0.39 is 0 Å². The maximum Gasteiger partial charge on any atom is 0.357 e. The molecule has 96 valence electrons. The number of unbranched alkanes of at least 4 members (excludes halogenated alkanes) is 3. The van der Waals surface area contributed by atoms with Crippen molar-refractivity contribution in [3.05, 3.63) is 16.1 Å². The predicted octanol–water partition coefficient (Wildman–Crippen LogP) is 2.38. The summed E-state index contributed by atoms with van der Waals surface area (Å²) in [5, 5.41) is 2.63. The van der Waals surface area contributed by atoms with Crippen LogP contribution in [0.5, 0.6) is 0 Å². The summed E-state index contributed by atoms with van der Waals surface area (Å²) in [6.07, 6.45) is 5.13. The van der Waals surface area contributed by atoms with Crippen LogP contribution in [-0.2, 0) is 11.2 Å². The van der Waals surface area contributed by atoms with Crippen LogP contribution in [0.4, 0.5) is 0 Å². The van der Waals surface area contributed by atoms with Gasteiger partial charge in [-0.2, -0.15) is 0 Å². The van der Waals surface area contributed by atoms with Crippen LogP contribution in [0.2, 0.25) is 0 Å². The predicted molar refractivity (Wildman–Crippen MR) is 69.3 cm³/mol. The second-order valence-corrected chi connectivity index (χ2v) is 4.80. The zero-order chi connectivity index (χ0) is 12.5. The van der Waals surface area contributed by atoms with E-state index in [9.17, 15) is 4.79 Å². The molecule has 0 aliphatic carbocycles. The smallest absolute Gasteiger partial charge is 0.357 e. The van der Waals surface area contributed by atoms with Gasteiger partial charge in [0.15, 0.2) is 5.69 Å². The number of thiazole rings is 1. The third kappa shape index (κ3) is 5.28. The first-order valence-electron chi connectivity index (χ1n) is 6.09. The lowest BCUT2D eigenvalue weighted by Gasteiger charge is -2.01. The normalized spacial score (nSPS) is 10.5. The van der Waals surface area contributed by atoms with Crippen molar-refractivity contribution in [2.45, 2.75) is 39.0 Å². The number of hydrogen-bond acceptors (Lipinski definition) is 5. The highest BCUT2D eigenvalue weighted by atomic mass is 32.1. The Kier molecular flexibility index (Phi) is 6.81. The van der Waals surface area contributed by atoms with Crippen molar-refractivity contribution in [3.8, 4) is 0 Å². The molecule has 0 aliphatic rings. The highest BCUT2D eigenvalue weighted by Crippen LogP contribution is 2.11. The van der Waals surface area contributed by atoms with Crippen LogP contribution in [0.1, 0.15) is 48.1 Å². The molecular weight excluding hydrogens is 236 g/mol. The zero-order valence-electron chi connectivity index (χ0n) is 10.3. The number of rotatable bonds is 8. The minimum atomic E-state index is -0.319. The summed E-state index contributed by atoms with van der Waals surface area (Å²) in [5.41, 5.74) is 5.83. The standard InChI is InChI=1S/C12H20N2O2S/c1-2-3-4-5-8-16-12(15)10-9-17-11(14-10)6-7-13/h9H,2-8,13H2,1H3. The van der Waals surface area contributed by atoms with E-state index in [2.05, 4.69) is 11.9 Å². The number of nitrogens with zero attached hydrogens (tertiary/aromatic N) is 1. The molecule has 17 heavy (non-hydrogen) atoms. The number of nitrogens with two attached hydrogens (primary N) is 1. The van der Waals surface area contributed by atoms with Crippen molar-refractivity contribution in [2.24, 2.45) is 5.73 Å². The number of aromatic nitrogens is 1. The fraction of sp³-hybridized carbons (Fsp3) is 0.667. The average Bonchev–Trinajstić information content (AvgIpc) is 2.78. The fourth-order valence-corrected chi connectivity index (χ4v) is 2.19. The SMILES string of the molecule is CCCCCCOC(=O)c1csc(CCN)n1. The lowest BCUT2D eigenvalue weighted by atomic mass is 10.2. The molecule has 0 aromatic carbocycles. The summed E-state index contributed by atoms with van der Waals surface area (Å²) in [6, 6.07) is 0. The summed E-state index contributed by atoms with van der Waals surface area (Å²) in [7, 11) is 0. The first-order chi connectivity index (χ1) is 8.27. The van der Waals surface area contributed by atoms with Gasteiger partial charge in [0, 0.05) is 11.8 Å². The third-order valence-corrected chi connectivity index (χ3v) is 3.26. The van der Waals surface area contributed by atoms with E-state index >= 15 is 0 Å². The molecule has 2 N–H and O–H groups in total. The molecule has 0 fully saturated rings. The summed E-state index contributed by atoms with van der Waals surface area (Å²) in [4.78, 5) is 15.8. The van der Waals surface area contributed by atoms with Gasteiger partial charge in [-0.1, -0.05) is 26.2 Å². The van der Waals surface area contributed by atoms with Crippen molar-refractivity contribution in [1.82, 2.24) is 4.98 Å². The molecule has 1 heterocycles. The highest BCUT2D eigenvalue weighted by molar-refractivity contribution is 7.09. The van der Waals surface area contributed by atoms with E-state index in [4.69, 9.17) is 10.5 Å². The molecule has 0 saturated heterocycles. The van der Waals surface area contributed by atoms with Gasteiger partial charge in [-0.05, 0) is 13.0 Å². The second kappa shape index (κ2) is 8.20. The fourth-order valence-electron chi connectivity index (χ4n) is 1.41. The molecular formula is C12H20N2O2S. The number of hydrogen-bond donors (Lipinski definition) is 1. The molecule has 4 nitrogen and oxygen atoms in total. The van der Waals surface area contributed by atoms with Gasteiger partial charge in [0.05, 0.1) is 11.6 Å². The molecule has 1 rings (SSSR count). The van der Waals surface area contributed by atoms with Crippen molar-refractivity contribution in [1.29, 1.82) is 0 Å². The number of carbonyl (C=O) groups excluding carboxylic acids is 1.